The predicted molar refractivity (Wildman–Crippen MR) is 134 cm³/mol. The molecule has 0 radical (unpaired) electrons. The monoisotopic (exact) mass is 465 g/mol. The van der Waals surface area contributed by atoms with Gasteiger partial charge in [-0.05, 0) is 81.3 Å². The first-order valence-electron chi connectivity index (χ1n) is 11.0. The zero-order chi connectivity index (χ0) is 23.6. The van der Waals surface area contributed by atoms with Crippen LogP contribution in [0, 0.1) is 17.1 Å². The highest BCUT2D eigenvalue weighted by molar-refractivity contribution is 7.80. The molecule has 2 aromatic carbocycles. The molecule has 3 N–H and O–H groups in total. The third kappa shape index (κ3) is 6.60. The zero-order valence-corrected chi connectivity index (χ0v) is 19.5. The number of thiocarbonyl (C=S) groups is 1. The number of fused-ring (bicyclic) bond motifs is 1. The summed E-state index contributed by atoms with van der Waals surface area (Å²) in [6.07, 6.45) is 2.11. The molecule has 0 spiro atoms. The second kappa shape index (κ2) is 12.1. The quantitative estimate of drug-likeness (QED) is 0.422. The Hall–Kier alpha value is -3.28. The topological polar surface area (TPSA) is 87.2 Å². The first-order valence-corrected chi connectivity index (χ1v) is 11.4. The average Bonchev–Trinajstić information content (AvgIpc) is 2.82. The van der Waals surface area contributed by atoms with E-state index in [4.69, 9.17) is 27.7 Å². The lowest BCUT2D eigenvalue weighted by atomic mass is 10.1. The molecule has 0 aliphatic carbocycles. The number of nitrogens with one attached hydrogen (secondary N) is 1. The molecule has 8 heteroatoms. The molecule has 0 amide bonds. The fourth-order valence-electron chi connectivity index (χ4n) is 3.53. The number of pyridine rings is 1. The van der Waals surface area contributed by atoms with Gasteiger partial charge in [0.25, 0.3) is 0 Å². The third-order valence-corrected chi connectivity index (χ3v) is 5.53. The average molecular weight is 466 g/mol. The Kier molecular flexibility index (Phi) is 8.93. The number of ether oxygens (including phenoxy) is 1. The van der Waals surface area contributed by atoms with Crippen LogP contribution < -0.4 is 15.8 Å². The smallest absolute Gasteiger partial charge is 0.173 e. The molecule has 3 rings (SSSR count). The fourth-order valence-corrected chi connectivity index (χ4v) is 3.82. The van der Waals surface area contributed by atoms with E-state index in [1.54, 1.807) is 18.2 Å². The van der Waals surface area contributed by atoms with Crippen LogP contribution in [0.3, 0.4) is 0 Å². The highest BCUT2D eigenvalue weighted by Crippen LogP contribution is 2.23. The lowest BCUT2D eigenvalue weighted by molar-refractivity contribution is 0.340. The number of para-hydroxylation sites is 1. The molecule has 0 aliphatic rings. The molecule has 0 aliphatic heterocycles. The molecule has 0 atom stereocenters. The number of hydrogen-bond donors (Lipinski definition) is 2. The van der Waals surface area contributed by atoms with E-state index in [1.165, 1.54) is 6.07 Å². The normalized spacial score (nSPS) is 10.6. The first kappa shape index (κ1) is 24.4. The number of anilines is 1. The van der Waals surface area contributed by atoms with Crippen molar-refractivity contribution in [1.82, 2.24) is 9.88 Å². The van der Waals surface area contributed by atoms with E-state index >= 15 is 0 Å². The van der Waals surface area contributed by atoms with E-state index in [0.29, 0.717) is 49.0 Å². The van der Waals surface area contributed by atoms with Crippen LogP contribution in [0.4, 0.5) is 10.1 Å². The van der Waals surface area contributed by atoms with Crippen LogP contribution in [0.1, 0.15) is 31.0 Å². The van der Waals surface area contributed by atoms with Gasteiger partial charge < -0.3 is 20.7 Å². The van der Waals surface area contributed by atoms with Gasteiger partial charge in [-0.1, -0.05) is 12.1 Å². The molecule has 0 bridgehead atoms. The Morgan fingerprint density at radius 3 is 2.73 bits per heavy atom. The van der Waals surface area contributed by atoms with Crippen molar-refractivity contribution in [3.63, 3.8) is 0 Å². The Bertz CT molecular complexity index is 1150. The van der Waals surface area contributed by atoms with Crippen molar-refractivity contribution >= 4 is 33.9 Å². The minimum atomic E-state index is -0.356. The van der Waals surface area contributed by atoms with E-state index < -0.39 is 0 Å². The van der Waals surface area contributed by atoms with Gasteiger partial charge in [0, 0.05) is 18.5 Å². The molecule has 0 saturated heterocycles. The van der Waals surface area contributed by atoms with Crippen molar-refractivity contribution in [2.75, 3.05) is 31.6 Å². The number of hydrogen-bond acceptors (Lipinski definition) is 5. The Morgan fingerprint density at radius 2 is 2.00 bits per heavy atom. The maximum Gasteiger partial charge on any atom is 0.173 e. The summed E-state index contributed by atoms with van der Waals surface area (Å²) in [5.41, 5.74) is 8.16. The first-order chi connectivity index (χ1) is 16.0. The number of benzene rings is 2. The van der Waals surface area contributed by atoms with Crippen molar-refractivity contribution in [1.29, 1.82) is 5.26 Å². The molecule has 1 aromatic heterocycles. The largest absolute Gasteiger partial charge is 0.494 e. The van der Waals surface area contributed by atoms with Gasteiger partial charge in [-0.2, -0.15) is 5.26 Å². The summed E-state index contributed by atoms with van der Waals surface area (Å²) in [4.78, 5) is 6.70. The van der Waals surface area contributed by atoms with E-state index in [0.717, 1.165) is 35.2 Å². The molecule has 0 saturated carbocycles. The number of nitrogens with zero attached hydrogens (tertiary/aromatic N) is 3. The highest BCUT2D eigenvalue weighted by atomic mass is 32.1. The minimum Gasteiger partial charge on any atom is -0.494 e. The fraction of sp³-hybridized carbons (Fsp3) is 0.320. The third-order valence-electron chi connectivity index (χ3n) is 5.17. The molecule has 6 nitrogen and oxygen atoms in total. The predicted octanol–water partition coefficient (Wildman–Crippen LogP) is 4.62. The van der Waals surface area contributed by atoms with E-state index in [9.17, 15) is 9.65 Å². The molecule has 3 aromatic rings. The Balaban J connectivity index is 1.69. The summed E-state index contributed by atoms with van der Waals surface area (Å²) < 4.78 is 19.6. The van der Waals surface area contributed by atoms with Crippen molar-refractivity contribution in [3.05, 3.63) is 65.6 Å². The lowest BCUT2D eigenvalue weighted by Crippen LogP contribution is -2.37. The van der Waals surface area contributed by atoms with Crippen molar-refractivity contribution in [2.24, 2.45) is 5.73 Å². The number of nitriles is 1. The summed E-state index contributed by atoms with van der Waals surface area (Å²) >= 11 is 5.53. The summed E-state index contributed by atoms with van der Waals surface area (Å²) in [6, 6.07) is 16.2. The lowest BCUT2D eigenvalue weighted by Gasteiger charge is -2.26. The number of rotatable bonds is 10. The van der Waals surface area contributed by atoms with Crippen molar-refractivity contribution in [2.45, 2.75) is 26.2 Å². The van der Waals surface area contributed by atoms with E-state index in [1.807, 2.05) is 36.1 Å². The number of aromatic nitrogens is 1. The Labute approximate surface area is 199 Å². The van der Waals surface area contributed by atoms with Crippen molar-refractivity contribution in [3.8, 4) is 11.8 Å². The second-order valence-corrected chi connectivity index (χ2v) is 7.91. The minimum absolute atomic E-state index is 0.342. The van der Waals surface area contributed by atoms with Gasteiger partial charge in [0.1, 0.15) is 17.6 Å². The number of halogens is 1. The van der Waals surface area contributed by atoms with Gasteiger partial charge in [-0.3, -0.25) is 4.98 Å². The van der Waals surface area contributed by atoms with Crippen LogP contribution in [0.25, 0.3) is 10.9 Å². The van der Waals surface area contributed by atoms with Crippen LogP contribution >= 0.6 is 12.2 Å². The van der Waals surface area contributed by atoms with Gasteiger partial charge in [-0.25, -0.2) is 4.39 Å². The molecular weight excluding hydrogens is 437 g/mol. The van der Waals surface area contributed by atoms with Crippen LogP contribution in [0.15, 0.2) is 48.5 Å². The second-order valence-electron chi connectivity index (χ2n) is 7.52. The SMILES string of the molecule is CCOc1ccc2nc(CCCN(CCCN)C(=S)Nc3ccccc3F)c(C#N)cc2c1. The number of nitrogens with two attached hydrogens (primary N) is 1. The molecule has 1 heterocycles. The Morgan fingerprint density at radius 1 is 1.21 bits per heavy atom. The van der Waals surface area contributed by atoms with Gasteiger partial charge in [0.05, 0.1) is 29.1 Å². The maximum absolute atomic E-state index is 14.0. The maximum atomic E-state index is 14.0. The standard InChI is InChI=1S/C25H28FN5OS/c1-2-32-20-10-11-23-18(16-20)15-19(17-28)22(29-23)9-5-13-31(14-6-12-27)25(33)30-24-8-4-3-7-21(24)26/h3-4,7-8,10-11,15-16H,2,5-6,9,12-14,27H2,1H3,(H,30,33). The van der Waals surface area contributed by atoms with Gasteiger partial charge >= 0.3 is 0 Å². The highest BCUT2D eigenvalue weighted by Gasteiger charge is 2.13. The summed E-state index contributed by atoms with van der Waals surface area (Å²) in [7, 11) is 0. The van der Waals surface area contributed by atoms with Gasteiger partial charge in [0.2, 0.25) is 0 Å². The van der Waals surface area contributed by atoms with Crippen LogP contribution in [-0.2, 0) is 6.42 Å². The molecule has 0 unspecified atom stereocenters. The molecule has 0 fully saturated rings. The molecule has 172 valence electrons. The summed E-state index contributed by atoms with van der Waals surface area (Å²) in [5, 5.41) is 14.0. The van der Waals surface area contributed by atoms with Crippen molar-refractivity contribution < 1.29 is 9.13 Å². The number of aryl methyl sites for hydroxylation is 1. The van der Waals surface area contributed by atoms with Crippen LogP contribution in [0.2, 0.25) is 0 Å². The molecular formula is C25H28FN5OS. The molecule has 33 heavy (non-hydrogen) atoms. The van der Waals surface area contributed by atoms with Crippen LogP contribution in [0.5, 0.6) is 5.75 Å². The summed E-state index contributed by atoms with van der Waals surface area (Å²) in [6.45, 7) is 4.34. The van der Waals surface area contributed by atoms with Gasteiger partial charge in [0.15, 0.2) is 5.11 Å². The zero-order valence-electron chi connectivity index (χ0n) is 18.7. The summed E-state index contributed by atoms with van der Waals surface area (Å²) in [5.74, 6) is 0.403. The van der Waals surface area contributed by atoms with E-state index in [-0.39, 0.29) is 5.82 Å². The van der Waals surface area contributed by atoms with Gasteiger partial charge in [-0.15, -0.1) is 0 Å². The van der Waals surface area contributed by atoms with Crippen LogP contribution in [-0.4, -0.2) is 41.2 Å². The van der Waals surface area contributed by atoms with E-state index in [2.05, 4.69) is 11.4 Å².